The highest BCUT2D eigenvalue weighted by molar-refractivity contribution is 5.59. The topological polar surface area (TPSA) is 46.2 Å². The van der Waals surface area contributed by atoms with Gasteiger partial charge in [0.15, 0.2) is 0 Å². The van der Waals surface area contributed by atoms with Gasteiger partial charge in [-0.25, -0.2) is 0 Å². The van der Waals surface area contributed by atoms with E-state index in [1.807, 2.05) is 6.92 Å². The Balaban J connectivity index is 2.45. The van der Waals surface area contributed by atoms with E-state index in [1.54, 1.807) is 6.07 Å². The Labute approximate surface area is 72.0 Å². The average Bonchev–Trinajstić information content (AvgIpc) is 2.81. The van der Waals surface area contributed by atoms with Gasteiger partial charge in [-0.1, -0.05) is 6.07 Å². The number of aromatic hydroxyl groups is 1. The van der Waals surface area contributed by atoms with Crippen molar-refractivity contribution in [1.82, 2.24) is 0 Å². The highest BCUT2D eigenvalue weighted by Gasteiger charge is 2.24. The number of aryl methyl sites for hydroxylation is 1. The Morgan fingerprint density at radius 1 is 1.42 bits per heavy atom. The molecule has 0 radical (unpaired) electrons. The summed E-state index contributed by atoms with van der Waals surface area (Å²) in [5, 5.41) is 9.43. The Hall–Kier alpha value is -1.18. The van der Waals surface area contributed by atoms with Gasteiger partial charge < -0.3 is 10.8 Å². The summed E-state index contributed by atoms with van der Waals surface area (Å²) < 4.78 is 0. The van der Waals surface area contributed by atoms with Gasteiger partial charge in [0.2, 0.25) is 0 Å². The molecule has 0 aromatic heterocycles. The minimum Gasteiger partial charge on any atom is -0.506 e. The summed E-state index contributed by atoms with van der Waals surface area (Å²) in [6, 6.07) is 3.87. The Morgan fingerprint density at radius 3 is 2.58 bits per heavy atom. The minimum atomic E-state index is 0.233. The van der Waals surface area contributed by atoms with Gasteiger partial charge in [-0.15, -0.1) is 0 Å². The molecule has 64 valence electrons. The first kappa shape index (κ1) is 7.47. The number of hydrogen-bond donors (Lipinski definition) is 2. The molecule has 0 aliphatic heterocycles. The maximum absolute atomic E-state index is 9.43. The van der Waals surface area contributed by atoms with Gasteiger partial charge in [-0.3, -0.25) is 0 Å². The molecule has 1 fully saturated rings. The third-order valence-corrected chi connectivity index (χ3v) is 2.44. The van der Waals surface area contributed by atoms with Crippen LogP contribution in [0.1, 0.15) is 29.9 Å². The fraction of sp³-hybridized carbons (Fsp3) is 0.400. The van der Waals surface area contributed by atoms with E-state index in [2.05, 4.69) is 6.07 Å². The first-order valence-corrected chi connectivity index (χ1v) is 4.27. The zero-order valence-electron chi connectivity index (χ0n) is 7.17. The molecule has 0 saturated heterocycles. The van der Waals surface area contributed by atoms with Crippen molar-refractivity contribution in [2.75, 3.05) is 5.73 Å². The van der Waals surface area contributed by atoms with Crippen LogP contribution in [0.3, 0.4) is 0 Å². The number of phenolic OH excluding ortho intramolecular Hbond substituents is 1. The van der Waals surface area contributed by atoms with Gasteiger partial charge in [0.25, 0.3) is 0 Å². The molecule has 1 aromatic rings. The number of hydrogen-bond acceptors (Lipinski definition) is 2. The van der Waals surface area contributed by atoms with Crippen molar-refractivity contribution in [3.05, 3.63) is 23.3 Å². The molecule has 0 amide bonds. The molecule has 0 spiro atoms. The molecule has 1 aliphatic carbocycles. The fourth-order valence-corrected chi connectivity index (χ4v) is 1.46. The number of phenols is 1. The van der Waals surface area contributed by atoms with Crippen LogP contribution < -0.4 is 5.73 Å². The van der Waals surface area contributed by atoms with E-state index in [1.165, 1.54) is 18.4 Å². The SMILES string of the molecule is Cc1cc(C2CC2)cc(O)c1N. The van der Waals surface area contributed by atoms with E-state index in [4.69, 9.17) is 5.73 Å². The van der Waals surface area contributed by atoms with Crippen molar-refractivity contribution >= 4 is 5.69 Å². The van der Waals surface area contributed by atoms with Crippen LogP contribution >= 0.6 is 0 Å². The maximum Gasteiger partial charge on any atom is 0.139 e. The molecule has 1 saturated carbocycles. The van der Waals surface area contributed by atoms with Crippen LogP contribution in [0.15, 0.2) is 12.1 Å². The lowest BCUT2D eigenvalue weighted by atomic mass is 10.1. The van der Waals surface area contributed by atoms with Gasteiger partial charge in [0.05, 0.1) is 5.69 Å². The zero-order chi connectivity index (χ0) is 8.72. The lowest BCUT2D eigenvalue weighted by Gasteiger charge is -2.06. The number of anilines is 1. The van der Waals surface area contributed by atoms with E-state index >= 15 is 0 Å². The molecule has 2 nitrogen and oxygen atoms in total. The quantitative estimate of drug-likeness (QED) is 0.492. The second-order valence-electron chi connectivity index (χ2n) is 3.54. The lowest BCUT2D eigenvalue weighted by Crippen LogP contribution is -1.92. The van der Waals surface area contributed by atoms with Gasteiger partial charge in [0.1, 0.15) is 5.75 Å². The molecule has 2 rings (SSSR count). The molecule has 2 heteroatoms. The van der Waals surface area contributed by atoms with Gasteiger partial charge >= 0.3 is 0 Å². The normalized spacial score (nSPS) is 16.4. The second kappa shape index (κ2) is 2.41. The van der Waals surface area contributed by atoms with Crippen LogP contribution in [-0.4, -0.2) is 5.11 Å². The van der Waals surface area contributed by atoms with Crippen LogP contribution in [0.5, 0.6) is 5.75 Å². The molecular weight excluding hydrogens is 150 g/mol. The number of benzene rings is 1. The predicted molar refractivity (Wildman–Crippen MR) is 49.2 cm³/mol. The number of rotatable bonds is 1. The summed E-state index contributed by atoms with van der Waals surface area (Å²) >= 11 is 0. The Morgan fingerprint density at radius 2 is 2.08 bits per heavy atom. The van der Waals surface area contributed by atoms with Crippen molar-refractivity contribution < 1.29 is 5.11 Å². The summed E-state index contributed by atoms with van der Waals surface area (Å²) in [5.74, 6) is 0.909. The zero-order valence-corrected chi connectivity index (χ0v) is 7.17. The van der Waals surface area contributed by atoms with E-state index in [9.17, 15) is 5.11 Å². The molecular formula is C10H13NO. The van der Waals surface area contributed by atoms with E-state index < -0.39 is 0 Å². The first-order chi connectivity index (χ1) is 5.68. The highest BCUT2D eigenvalue weighted by Crippen LogP contribution is 2.42. The Kier molecular flexibility index (Phi) is 1.50. The monoisotopic (exact) mass is 163 g/mol. The third kappa shape index (κ3) is 1.13. The van der Waals surface area contributed by atoms with E-state index in [0.717, 1.165) is 5.56 Å². The average molecular weight is 163 g/mol. The lowest BCUT2D eigenvalue weighted by molar-refractivity contribution is 0.477. The molecule has 12 heavy (non-hydrogen) atoms. The second-order valence-corrected chi connectivity index (χ2v) is 3.54. The summed E-state index contributed by atoms with van der Waals surface area (Å²) in [6.07, 6.45) is 2.51. The number of nitrogen functional groups attached to an aromatic ring is 1. The van der Waals surface area contributed by atoms with Gasteiger partial charge in [-0.05, 0) is 42.9 Å². The van der Waals surface area contributed by atoms with E-state index in [0.29, 0.717) is 11.6 Å². The molecule has 1 aromatic carbocycles. The third-order valence-electron chi connectivity index (χ3n) is 2.44. The van der Waals surface area contributed by atoms with Crippen molar-refractivity contribution in [3.63, 3.8) is 0 Å². The van der Waals surface area contributed by atoms with Crippen molar-refractivity contribution in [2.24, 2.45) is 0 Å². The summed E-state index contributed by atoms with van der Waals surface area (Å²) in [6.45, 7) is 1.93. The van der Waals surface area contributed by atoms with Crippen LogP contribution in [0.4, 0.5) is 5.69 Å². The van der Waals surface area contributed by atoms with E-state index in [-0.39, 0.29) is 5.75 Å². The van der Waals surface area contributed by atoms with Crippen molar-refractivity contribution in [3.8, 4) is 5.75 Å². The van der Waals surface area contributed by atoms with Crippen LogP contribution in [-0.2, 0) is 0 Å². The smallest absolute Gasteiger partial charge is 0.139 e. The van der Waals surface area contributed by atoms with Gasteiger partial charge in [0, 0.05) is 0 Å². The fourth-order valence-electron chi connectivity index (χ4n) is 1.46. The largest absolute Gasteiger partial charge is 0.506 e. The molecule has 3 N–H and O–H groups in total. The van der Waals surface area contributed by atoms with Crippen molar-refractivity contribution in [2.45, 2.75) is 25.7 Å². The molecule has 1 aliphatic rings. The van der Waals surface area contributed by atoms with Crippen LogP contribution in [0, 0.1) is 6.92 Å². The maximum atomic E-state index is 9.43. The van der Waals surface area contributed by atoms with Gasteiger partial charge in [-0.2, -0.15) is 0 Å². The molecule has 0 atom stereocenters. The first-order valence-electron chi connectivity index (χ1n) is 4.27. The summed E-state index contributed by atoms with van der Waals surface area (Å²) in [5.41, 5.74) is 8.35. The number of nitrogens with two attached hydrogens (primary N) is 1. The Bertz CT molecular complexity index is 293. The van der Waals surface area contributed by atoms with Crippen LogP contribution in [0.25, 0.3) is 0 Å². The highest BCUT2D eigenvalue weighted by atomic mass is 16.3. The predicted octanol–water partition coefficient (Wildman–Crippen LogP) is 2.16. The summed E-state index contributed by atoms with van der Waals surface area (Å²) in [7, 11) is 0. The van der Waals surface area contributed by atoms with Crippen molar-refractivity contribution in [1.29, 1.82) is 0 Å². The minimum absolute atomic E-state index is 0.233. The molecule has 0 bridgehead atoms. The van der Waals surface area contributed by atoms with Crippen LogP contribution in [0.2, 0.25) is 0 Å². The molecule has 0 heterocycles. The summed E-state index contributed by atoms with van der Waals surface area (Å²) in [4.78, 5) is 0. The standard InChI is InChI=1S/C10H13NO/c1-6-4-8(7-2-3-7)5-9(12)10(6)11/h4-5,7,12H,2-3,11H2,1H3. The molecule has 0 unspecified atom stereocenters.